The van der Waals surface area contributed by atoms with Crippen molar-refractivity contribution in [3.63, 3.8) is 0 Å². The van der Waals surface area contributed by atoms with Crippen molar-refractivity contribution in [1.29, 1.82) is 0 Å². The van der Waals surface area contributed by atoms with E-state index in [0.29, 0.717) is 0 Å². The van der Waals surface area contributed by atoms with Crippen molar-refractivity contribution in [1.82, 2.24) is 5.32 Å². The van der Waals surface area contributed by atoms with E-state index < -0.39 is 0 Å². The van der Waals surface area contributed by atoms with E-state index in [9.17, 15) is 0 Å². The maximum absolute atomic E-state index is 3.44. The van der Waals surface area contributed by atoms with Crippen molar-refractivity contribution in [3.05, 3.63) is 34.3 Å². The molecule has 1 nitrogen and oxygen atoms in total. The summed E-state index contributed by atoms with van der Waals surface area (Å²) in [5.74, 6) is 0. The SMILES string of the molecule is CCCNCCCc1ccc(Br)cc1. The molecule has 0 aliphatic rings. The number of hydrogen-bond acceptors (Lipinski definition) is 1. The number of halogens is 1. The highest BCUT2D eigenvalue weighted by molar-refractivity contribution is 9.10. The smallest absolute Gasteiger partial charge is 0.0175 e. The second kappa shape index (κ2) is 7.02. The highest BCUT2D eigenvalue weighted by Crippen LogP contribution is 2.11. The lowest BCUT2D eigenvalue weighted by atomic mass is 10.1. The highest BCUT2D eigenvalue weighted by atomic mass is 79.9. The van der Waals surface area contributed by atoms with E-state index in [1.807, 2.05) is 0 Å². The Morgan fingerprint density at radius 1 is 1.14 bits per heavy atom. The third-order valence-corrected chi connectivity index (χ3v) is 2.69. The van der Waals surface area contributed by atoms with Gasteiger partial charge in [0.1, 0.15) is 0 Å². The van der Waals surface area contributed by atoms with Gasteiger partial charge in [-0.05, 0) is 50.0 Å². The van der Waals surface area contributed by atoms with Crippen LogP contribution in [0, 0.1) is 0 Å². The molecule has 2 heteroatoms. The lowest BCUT2D eigenvalue weighted by molar-refractivity contribution is 0.640. The molecule has 14 heavy (non-hydrogen) atoms. The van der Waals surface area contributed by atoms with Gasteiger partial charge in [0.2, 0.25) is 0 Å². The van der Waals surface area contributed by atoms with E-state index >= 15 is 0 Å². The minimum atomic E-state index is 1.13. The Balaban J connectivity index is 2.15. The second-order valence-electron chi connectivity index (χ2n) is 3.48. The molecule has 1 aromatic rings. The van der Waals surface area contributed by atoms with Crippen molar-refractivity contribution < 1.29 is 0 Å². The van der Waals surface area contributed by atoms with Crippen LogP contribution in [0.3, 0.4) is 0 Å². The monoisotopic (exact) mass is 255 g/mol. The van der Waals surface area contributed by atoms with Crippen molar-refractivity contribution in [2.75, 3.05) is 13.1 Å². The predicted octanol–water partition coefficient (Wildman–Crippen LogP) is 3.38. The molecule has 0 amide bonds. The molecule has 78 valence electrons. The molecule has 0 atom stereocenters. The molecule has 0 saturated heterocycles. The average molecular weight is 256 g/mol. The molecular weight excluding hydrogens is 238 g/mol. The molecule has 0 heterocycles. The van der Waals surface area contributed by atoms with E-state index in [1.165, 1.54) is 24.8 Å². The van der Waals surface area contributed by atoms with Crippen LogP contribution in [0.2, 0.25) is 0 Å². The Bertz CT molecular complexity index is 243. The van der Waals surface area contributed by atoms with Crippen molar-refractivity contribution in [2.45, 2.75) is 26.2 Å². The molecule has 0 fully saturated rings. The molecule has 0 spiro atoms. The molecule has 0 aliphatic carbocycles. The Kier molecular flexibility index (Phi) is 5.88. The lowest BCUT2D eigenvalue weighted by Gasteiger charge is -2.03. The van der Waals surface area contributed by atoms with Gasteiger partial charge < -0.3 is 5.32 Å². The number of aryl methyl sites for hydroxylation is 1. The number of benzene rings is 1. The van der Waals surface area contributed by atoms with E-state index in [2.05, 4.69) is 52.4 Å². The summed E-state index contributed by atoms with van der Waals surface area (Å²) in [7, 11) is 0. The zero-order valence-corrected chi connectivity index (χ0v) is 10.3. The van der Waals surface area contributed by atoms with Crippen LogP contribution < -0.4 is 5.32 Å². The van der Waals surface area contributed by atoms with Crippen molar-refractivity contribution in [3.8, 4) is 0 Å². The van der Waals surface area contributed by atoms with Crippen molar-refractivity contribution >= 4 is 15.9 Å². The first kappa shape index (κ1) is 11.7. The minimum Gasteiger partial charge on any atom is -0.317 e. The fourth-order valence-corrected chi connectivity index (χ4v) is 1.63. The highest BCUT2D eigenvalue weighted by Gasteiger charge is 1.92. The molecule has 1 aromatic carbocycles. The lowest BCUT2D eigenvalue weighted by Crippen LogP contribution is -2.16. The maximum atomic E-state index is 3.44. The zero-order chi connectivity index (χ0) is 10.2. The van der Waals surface area contributed by atoms with Gasteiger partial charge in [-0.3, -0.25) is 0 Å². The molecular formula is C12H18BrN. The van der Waals surface area contributed by atoms with Gasteiger partial charge in [-0.2, -0.15) is 0 Å². The van der Waals surface area contributed by atoms with Gasteiger partial charge in [0, 0.05) is 4.47 Å². The summed E-state index contributed by atoms with van der Waals surface area (Å²) in [5, 5.41) is 3.41. The van der Waals surface area contributed by atoms with Gasteiger partial charge >= 0.3 is 0 Å². The summed E-state index contributed by atoms with van der Waals surface area (Å²) in [4.78, 5) is 0. The van der Waals surface area contributed by atoms with Gasteiger partial charge in [-0.15, -0.1) is 0 Å². The first-order chi connectivity index (χ1) is 6.83. The van der Waals surface area contributed by atoms with Gasteiger partial charge in [0.25, 0.3) is 0 Å². The van der Waals surface area contributed by atoms with Crippen LogP contribution in [-0.2, 0) is 6.42 Å². The minimum absolute atomic E-state index is 1.13. The number of nitrogens with one attached hydrogen (secondary N) is 1. The normalized spacial score (nSPS) is 10.4. The van der Waals surface area contributed by atoms with Crippen LogP contribution in [0.1, 0.15) is 25.3 Å². The zero-order valence-electron chi connectivity index (χ0n) is 8.72. The maximum Gasteiger partial charge on any atom is 0.0175 e. The first-order valence-electron chi connectivity index (χ1n) is 5.28. The summed E-state index contributed by atoms with van der Waals surface area (Å²) < 4.78 is 1.16. The van der Waals surface area contributed by atoms with Crippen LogP contribution in [-0.4, -0.2) is 13.1 Å². The Labute approximate surface area is 95.0 Å². The number of rotatable bonds is 6. The Morgan fingerprint density at radius 2 is 1.86 bits per heavy atom. The third kappa shape index (κ3) is 4.77. The second-order valence-corrected chi connectivity index (χ2v) is 4.40. The van der Waals surface area contributed by atoms with E-state index in [1.54, 1.807) is 0 Å². The first-order valence-corrected chi connectivity index (χ1v) is 6.07. The molecule has 0 radical (unpaired) electrons. The van der Waals surface area contributed by atoms with Crippen LogP contribution in [0.25, 0.3) is 0 Å². The molecule has 1 N–H and O–H groups in total. The predicted molar refractivity (Wildman–Crippen MR) is 65.6 cm³/mol. The molecule has 0 saturated carbocycles. The summed E-state index contributed by atoms with van der Waals surface area (Å²) in [6, 6.07) is 8.58. The Hall–Kier alpha value is -0.340. The largest absolute Gasteiger partial charge is 0.317 e. The summed E-state index contributed by atoms with van der Waals surface area (Å²) in [6.07, 6.45) is 3.61. The molecule has 0 aromatic heterocycles. The van der Waals surface area contributed by atoms with Gasteiger partial charge in [-0.25, -0.2) is 0 Å². The van der Waals surface area contributed by atoms with Crippen LogP contribution in [0.15, 0.2) is 28.7 Å². The number of hydrogen-bond donors (Lipinski definition) is 1. The van der Waals surface area contributed by atoms with Gasteiger partial charge in [0.05, 0.1) is 0 Å². The molecule has 1 rings (SSSR count). The van der Waals surface area contributed by atoms with Crippen molar-refractivity contribution in [2.24, 2.45) is 0 Å². The Morgan fingerprint density at radius 3 is 2.50 bits per heavy atom. The third-order valence-electron chi connectivity index (χ3n) is 2.16. The standard InChI is InChI=1S/C12H18BrN/c1-2-9-14-10-3-4-11-5-7-12(13)8-6-11/h5-8,14H,2-4,9-10H2,1H3. The van der Waals surface area contributed by atoms with E-state index in [-0.39, 0.29) is 0 Å². The topological polar surface area (TPSA) is 12.0 Å². The average Bonchev–Trinajstić information content (AvgIpc) is 2.21. The van der Waals surface area contributed by atoms with Crippen LogP contribution in [0.5, 0.6) is 0 Å². The van der Waals surface area contributed by atoms with Gasteiger partial charge in [-0.1, -0.05) is 35.0 Å². The summed E-state index contributed by atoms with van der Waals surface area (Å²) in [5.41, 5.74) is 1.42. The van der Waals surface area contributed by atoms with E-state index in [4.69, 9.17) is 0 Å². The summed E-state index contributed by atoms with van der Waals surface area (Å²) in [6.45, 7) is 4.46. The molecule has 0 bridgehead atoms. The molecule has 0 aliphatic heterocycles. The van der Waals surface area contributed by atoms with Gasteiger partial charge in [0.15, 0.2) is 0 Å². The fraction of sp³-hybridized carbons (Fsp3) is 0.500. The van der Waals surface area contributed by atoms with E-state index in [0.717, 1.165) is 17.6 Å². The van der Waals surface area contributed by atoms with Crippen LogP contribution >= 0.6 is 15.9 Å². The summed E-state index contributed by atoms with van der Waals surface area (Å²) >= 11 is 3.44. The van der Waals surface area contributed by atoms with Crippen LogP contribution in [0.4, 0.5) is 0 Å². The molecule has 0 unspecified atom stereocenters. The quantitative estimate of drug-likeness (QED) is 0.769. The fourth-order valence-electron chi connectivity index (χ4n) is 1.37.